The predicted molar refractivity (Wildman–Crippen MR) is 119 cm³/mol. The van der Waals surface area contributed by atoms with Crippen molar-refractivity contribution in [3.8, 4) is 0 Å². The number of aromatic nitrogens is 1. The standard InChI is InChI=1S/C25H31N3O3/c1-31-17-22-8-5-11-26(22)15-20-9-10-23-21-12-18(14-28(23)25(20)30)13-27(16-21)24(29)19-6-3-2-4-7-19/h2-4,6-7,9-10,18,21-22H,5,8,11-17H2,1H3/t18-,21+,22-/m0/s1. The van der Waals surface area contributed by atoms with Crippen molar-refractivity contribution in [3.05, 3.63) is 69.6 Å². The lowest BCUT2D eigenvalue weighted by atomic mass is 9.82. The summed E-state index contributed by atoms with van der Waals surface area (Å²) in [6, 6.07) is 14.1. The molecular weight excluding hydrogens is 390 g/mol. The summed E-state index contributed by atoms with van der Waals surface area (Å²) in [6.45, 7) is 4.56. The van der Waals surface area contributed by atoms with Gasteiger partial charge in [-0.05, 0) is 49.9 Å². The highest BCUT2D eigenvalue weighted by molar-refractivity contribution is 5.94. The molecule has 6 nitrogen and oxygen atoms in total. The van der Waals surface area contributed by atoms with Gasteiger partial charge in [-0.3, -0.25) is 14.5 Å². The highest BCUT2D eigenvalue weighted by Gasteiger charge is 2.37. The van der Waals surface area contributed by atoms with Gasteiger partial charge in [0.05, 0.1) is 6.61 Å². The van der Waals surface area contributed by atoms with Crippen LogP contribution in [0.2, 0.25) is 0 Å². The van der Waals surface area contributed by atoms with E-state index in [0.717, 1.165) is 55.8 Å². The van der Waals surface area contributed by atoms with Crippen LogP contribution in [-0.4, -0.2) is 59.7 Å². The van der Waals surface area contributed by atoms with Gasteiger partial charge in [-0.1, -0.05) is 24.3 Å². The van der Waals surface area contributed by atoms with Crippen molar-refractivity contribution in [1.82, 2.24) is 14.4 Å². The monoisotopic (exact) mass is 421 g/mol. The maximum absolute atomic E-state index is 13.4. The number of pyridine rings is 1. The number of hydrogen-bond acceptors (Lipinski definition) is 4. The Morgan fingerprint density at radius 1 is 1.10 bits per heavy atom. The van der Waals surface area contributed by atoms with Gasteiger partial charge in [-0.15, -0.1) is 0 Å². The van der Waals surface area contributed by atoms with E-state index in [9.17, 15) is 9.59 Å². The summed E-state index contributed by atoms with van der Waals surface area (Å²) >= 11 is 0. The van der Waals surface area contributed by atoms with Crippen LogP contribution in [-0.2, 0) is 17.8 Å². The minimum atomic E-state index is 0.0981. The largest absolute Gasteiger partial charge is 0.383 e. The highest BCUT2D eigenvalue weighted by Crippen LogP contribution is 2.35. The molecule has 3 aliphatic heterocycles. The fourth-order valence-electron chi connectivity index (χ4n) is 5.74. The second kappa shape index (κ2) is 8.60. The molecule has 3 atom stereocenters. The Morgan fingerprint density at radius 3 is 2.74 bits per heavy atom. The van der Waals surface area contributed by atoms with Crippen LogP contribution < -0.4 is 5.56 Å². The minimum Gasteiger partial charge on any atom is -0.383 e. The molecule has 31 heavy (non-hydrogen) atoms. The number of rotatable bonds is 5. The predicted octanol–water partition coefficient (Wildman–Crippen LogP) is 2.72. The molecule has 0 saturated carbocycles. The van der Waals surface area contributed by atoms with Gasteiger partial charge in [0.2, 0.25) is 0 Å². The first-order valence-electron chi connectivity index (χ1n) is 11.4. The first-order valence-corrected chi connectivity index (χ1v) is 11.4. The number of benzene rings is 1. The number of fused-ring (bicyclic) bond motifs is 4. The van der Waals surface area contributed by atoms with E-state index >= 15 is 0 Å². The fourth-order valence-corrected chi connectivity index (χ4v) is 5.74. The molecule has 5 rings (SSSR count). The van der Waals surface area contributed by atoms with Crippen LogP contribution in [0.1, 0.15) is 46.8 Å². The van der Waals surface area contributed by atoms with E-state index in [1.165, 1.54) is 0 Å². The second-order valence-electron chi connectivity index (χ2n) is 9.30. The molecule has 3 aliphatic rings. The van der Waals surface area contributed by atoms with Crippen molar-refractivity contribution >= 4 is 5.91 Å². The Morgan fingerprint density at radius 2 is 1.94 bits per heavy atom. The number of ether oxygens (including phenoxy) is 1. The third kappa shape index (κ3) is 3.94. The summed E-state index contributed by atoms with van der Waals surface area (Å²) in [7, 11) is 1.74. The van der Waals surface area contributed by atoms with E-state index in [1.54, 1.807) is 7.11 Å². The minimum absolute atomic E-state index is 0.0981. The van der Waals surface area contributed by atoms with Gasteiger partial charge < -0.3 is 14.2 Å². The van der Waals surface area contributed by atoms with Gasteiger partial charge in [-0.25, -0.2) is 0 Å². The van der Waals surface area contributed by atoms with Crippen molar-refractivity contribution in [2.24, 2.45) is 5.92 Å². The fraction of sp³-hybridized carbons (Fsp3) is 0.520. The van der Waals surface area contributed by atoms with Crippen molar-refractivity contribution < 1.29 is 9.53 Å². The molecule has 2 fully saturated rings. The second-order valence-corrected chi connectivity index (χ2v) is 9.30. The van der Waals surface area contributed by atoms with Gasteiger partial charge in [0.15, 0.2) is 0 Å². The zero-order chi connectivity index (χ0) is 21.4. The number of carbonyl (C=O) groups excluding carboxylic acids is 1. The van der Waals surface area contributed by atoms with Crippen molar-refractivity contribution in [1.29, 1.82) is 0 Å². The van der Waals surface area contributed by atoms with Crippen molar-refractivity contribution in [2.45, 2.75) is 44.3 Å². The summed E-state index contributed by atoms with van der Waals surface area (Å²) in [5.41, 5.74) is 2.86. The quantitative estimate of drug-likeness (QED) is 0.745. The normalized spacial score (nSPS) is 25.5. The van der Waals surface area contributed by atoms with E-state index in [-0.39, 0.29) is 17.4 Å². The summed E-state index contributed by atoms with van der Waals surface area (Å²) in [5, 5.41) is 0. The van der Waals surface area contributed by atoms with E-state index in [4.69, 9.17) is 4.74 Å². The first-order chi connectivity index (χ1) is 15.1. The Kier molecular flexibility index (Phi) is 5.67. The topological polar surface area (TPSA) is 54.8 Å². The number of methoxy groups -OCH3 is 1. The molecule has 1 aromatic carbocycles. The smallest absolute Gasteiger partial charge is 0.255 e. The van der Waals surface area contributed by atoms with Gasteiger partial charge in [0.25, 0.3) is 11.5 Å². The molecule has 0 spiro atoms. The van der Waals surface area contributed by atoms with Crippen LogP contribution in [0.3, 0.4) is 0 Å². The molecule has 2 aromatic rings. The Balaban J connectivity index is 1.36. The summed E-state index contributed by atoms with van der Waals surface area (Å²) in [5.74, 6) is 0.663. The molecule has 4 heterocycles. The number of piperidine rings is 1. The van der Waals surface area contributed by atoms with Crippen molar-refractivity contribution in [3.63, 3.8) is 0 Å². The van der Waals surface area contributed by atoms with Crippen LogP contribution in [0.5, 0.6) is 0 Å². The summed E-state index contributed by atoms with van der Waals surface area (Å²) in [6.07, 6.45) is 3.35. The third-order valence-electron chi connectivity index (χ3n) is 7.22. The van der Waals surface area contributed by atoms with Crippen LogP contribution in [0.25, 0.3) is 0 Å². The molecule has 0 aliphatic carbocycles. The Labute approximate surface area is 183 Å². The Hall–Kier alpha value is -2.44. The zero-order valence-electron chi connectivity index (χ0n) is 18.2. The molecule has 2 bridgehead atoms. The molecule has 6 heteroatoms. The molecule has 0 radical (unpaired) electrons. The average Bonchev–Trinajstić information content (AvgIpc) is 3.23. The summed E-state index contributed by atoms with van der Waals surface area (Å²) in [4.78, 5) is 30.7. The molecule has 164 valence electrons. The average molecular weight is 422 g/mol. The van der Waals surface area contributed by atoms with E-state index in [1.807, 2.05) is 45.9 Å². The number of carbonyl (C=O) groups is 1. The van der Waals surface area contributed by atoms with E-state index < -0.39 is 0 Å². The lowest BCUT2D eigenvalue weighted by Crippen LogP contribution is -2.49. The lowest BCUT2D eigenvalue weighted by molar-refractivity contribution is 0.0593. The maximum atomic E-state index is 13.4. The molecule has 2 saturated heterocycles. The van der Waals surface area contributed by atoms with Crippen LogP contribution in [0.15, 0.2) is 47.3 Å². The first kappa shape index (κ1) is 20.5. The van der Waals surface area contributed by atoms with Gasteiger partial charge in [0, 0.05) is 62.1 Å². The van der Waals surface area contributed by atoms with E-state index in [0.29, 0.717) is 31.6 Å². The zero-order valence-corrected chi connectivity index (χ0v) is 18.2. The lowest BCUT2D eigenvalue weighted by Gasteiger charge is -2.43. The van der Waals surface area contributed by atoms with Gasteiger partial charge in [-0.2, -0.15) is 0 Å². The SMILES string of the molecule is COC[C@@H]1CCCN1Cc1ccc2n(c1=O)C[C@H]1C[C@@H]2CN(C(=O)c2ccccc2)C1. The number of nitrogens with zero attached hydrogens (tertiary/aromatic N) is 3. The molecular formula is C25H31N3O3. The molecule has 1 aromatic heterocycles. The van der Waals surface area contributed by atoms with Crippen molar-refractivity contribution in [2.75, 3.05) is 33.4 Å². The van der Waals surface area contributed by atoms with Gasteiger partial charge in [0.1, 0.15) is 0 Å². The Bertz CT molecular complexity index is 1000. The number of hydrogen-bond donors (Lipinski definition) is 0. The molecule has 0 unspecified atom stereocenters. The molecule has 0 N–H and O–H groups in total. The van der Waals surface area contributed by atoms with Crippen LogP contribution >= 0.6 is 0 Å². The van der Waals surface area contributed by atoms with E-state index in [2.05, 4.69) is 11.0 Å². The number of amides is 1. The van der Waals surface area contributed by atoms with Crippen LogP contribution in [0, 0.1) is 5.92 Å². The third-order valence-corrected chi connectivity index (χ3v) is 7.22. The summed E-state index contributed by atoms with van der Waals surface area (Å²) < 4.78 is 7.37. The van der Waals surface area contributed by atoms with Crippen LogP contribution in [0.4, 0.5) is 0 Å². The van der Waals surface area contributed by atoms with Gasteiger partial charge >= 0.3 is 0 Å². The highest BCUT2D eigenvalue weighted by atomic mass is 16.5. The number of likely N-dealkylation sites (tertiary alicyclic amines) is 2. The maximum Gasteiger partial charge on any atom is 0.255 e. The molecule has 1 amide bonds.